The van der Waals surface area contributed by atoms with Crippen molar-refractivity contribution < 1.29 is 23.9 Å². The summed E-state index contributed by atoms with van der Waals surface area (Å²) in [5, 5.41) is 9.51. The number of amides is 4. The van der Waals surface area contributed by atoms with Crippen molar-refractivity contribution in [3.63, 3.8) is 0 Å². The average molecular weight is 399 g/mol. The van der Waals surface area contributed by atoms with E-state index in [1.165, 1.54) is 0 Å². The molecule has 4 amide bonds. The van der Waals surface area contributed by atoms with Crippen LogP contribution in [-0.2, 0) is 15.1 Å². The molecule has 2 N–H and O–H groups in total. The Balaban J connectivity index is 1.51. The lowest BCUT2D eigenvalue weighted by atomic mass is 9.91. The Hall–Kier alpha value is -3.56. The predicted octanol–water partition coefficient (Wildman–Crippen LogP) is 1.60. The molecule has 2 aliphatic rings. The van der Waals surface area contributed by atoms with Crippen molar-refractivity contribution >= 4 is 23.7 Å². The van der Waals surface area contributed by atoms with Crippen LogP contribution < -0.4 is 20.1 Å². The van der Waals surface area contributed by atoms with Crippen LogP contribution in [0.3, 0.4) is 0 Å². The lowest BCUT2D eigenvalue weighted by Crippen LogP contribution is -2.42. The minimum absolute atomic E-state index is 0.0475. The molecule has 29 heavy (non-hydrogen) atoms. The van der Waals surface area contributed by atoms with Crippen LogP contribution in [-0.4, -0.2) is 45.9 Å². The van der Waals surface area contributed by atoms with Crippen LogP contribution in [0.2, 0.25) is 0 Å². The fourth-order valence-corrected chi connectivity index (χ4v) is 3.39. The SMILES string of the molecule is CC(C)n1nccc1NC(=O)CN1C(=O)N[C@](C)(c2ccc3c(c2)OCO3)C1=O. The summed E-state index contributed by atoms with van der Waals surface area (Å²) in [5.74, 6) is 0.561. The Morgan fingerprint density at radius 3 is 2.79 bits per heavy atom. The third kappa shape index (κ3) is 3.16. The Kier molecular flexibility index (Phi) is 4.40. The van der Waals surface area contributed by atoms with Crippen molar-refractivity contribution in [1.82, 2.24) is 20.0 Å². The predicted molar refractivity (Wildman–Crippen MR) is 101 cm³/mol. The van der Waals surface area contributed by atoms with Gasteiger partial charge in [-0.25, -0.2) is 9.48 Å². The summed E-state index contributed by atoms with van der Waals surface area (Å²) in [6.07, 6.45) is 1.57. The molecule has 2 aromatic rings. The van der Waals surface area contributed by atoms with E-state index in [9.17, 15) is 14.4 Å². The fraction of sp³-hybridized carbons (Fsp3) is 0.368. The van der Waals surface area contributed by atoms with Gasteiger partial charge in [0.05, 0.1) is 6.20 Å². The largest absolute Gasteiger partial charge is 0.454 e. The molecular formula is C19H21N5O5. The molecule has 1 fully saturated rings. The maximum absolute atomic E-state index is 13.0. The van der Waals surface area contributed by atoms with Gasteiger partial charge in [0.25, 0.3) is 5.91 Å². The summed E-state index contributed by atoms with van der Waals surface area (Å²) < 4.78 is 12.3. The second-order valence-electron chi connectivity index (χ2n) is 7.32. The molecule has 0 aliphatic carbocycles. The standard InChI is InChI=1S/C19H21N5O5/c1-11(2)24-15(6-7-20-24)21-16(25)9-23-17(26)19(3,22-18(23)27)12-4-5-13-14(8-12)29-10-28-13/h4-8,11H,9-10H2,1-3H3,(H,21,25)(H,22,27)/t19-/m1/s1. The third-order valence-electron chi connectivity index (χ3n) is 4.95. The summed E-state index contributed by atoms with van der Waals surface area (Å²) in [5.41, 5.74) is -0.765. The highest BCUT2D eigenvalue weighted by Crippen LogP contribution is 2.37. The highest BCUT2D eigenvalue weighted by Gasteiger charge is 2.49. The quantitative estimate of drug-likeness (QED) is 0.738. The molecule has 1 atom stereocenters. The van der Waals surface area contributed by atoms with Crippen LogP contribution in [0.1, 0.15) is 32.4 Å². The molecule has 1 saturated heterocycles. The van der Waals surface area contributed by atoms with Gasteiger partial charge in [0, 0.05) is 12.1 Å². The Labute approximate surface area is 166 Å². The van der Waals surface area contributed by atoms with E-state index in [0.717, 1.165) is 4.90 Å². The zero-order valence-electron chi connectivity index (χ0n) is 16.3. The van der Waals surface area contributed by atoms with Crippen molar-refractivity contribution in [3.05, 3.63) is 36.0 Å². The molecule has 4 rings (SSSR count). The number of carbonyl (C=O) groups is 3. The number of benzene rings is 1. The molecule has 2 aliphatic heterocycles. The van der Waals surface area contributed by atoms with Crippen molar-refractivity contribution in [3.8, 4) is 11.5 Å². The molecule has 1 aromatic heterocycles. The smallest absolute Gasteiger partial charge is 0.325 e. The molecule has 3 heterocycles. The van der Waals surface area contributed by atoms with E-state index in [-0.39, 0.29) is 12.8 Å². The molecule has 0 bridgehead atoms. The summed E-state index contributed by atoms with van der Waals surface area (Å²) in [6, 6.07) is 6.10. The van der Waals surface area contributed by atoms with Gasteiger partial charge in [0.2, 0.25) is 12.7 Å². The van der Waals surface area contributed by atoms with E-state index < -0.39 is 29.9 Å². The second kappa shape index (κ2) is 6.80. The summed E-state index contributed by atoms with van der Waals surface area (Å²) in [4.78, 5) is 38.9. The van der Waals surface area contributed by atoms with Crippen molar-refractivity contribution in [1.29, 1.82) is 0 Å². The van der Waals surface area contributed by atoms with Gasteiger partial charge in [0.15, 0.2) is 11.5 Å². The third-order valence-corrected chi connectivity index (χ3v) is 4.95. The first-order valence-corrected chi connectivity index (χ1v) is 9.17. The van der Waals surface area contributed by atoms with Gasteiger partial charge >= 0.3 is 6.03 Å². The fourth-order valence-electron chi connectivity index (χ4n) is 3.39. The zero-order valence-corrected chi connectivity index (χ0v) is 16.3. The number of hydrogen-bond acceptors (Lipinski definition) is 6. The molecule has 0 radical (unpaired) electrons. The van der Waals surface area contributed by atoms with E-state index in [1.54, 1.807) is 42.1 Å². The van der Waals surface area contributed by atoms with Gasteiger partial charge in [-0.05, 0) is 38.5 Å². The van der Waals surface area contributed by atoms with E-state index in [1.807, 2.05) is 13.8 Å². The Bertz CT molecular complexity index is 1000. The molecule has 0 spiro atoms. The maximum Gasteiger partial charge on any atom is 0.325 e. The molecule has 0 unspecified atom stereocenters. The normalized spacial score (nSPS) is 20.3. The highest BCUT2D eigenvalue weighted by atomic mass is 16.7. The minimum Gasteiger partial charge on any atom is -0.454 e. The number of rotatable bonds is 5. The molecule has 10 heteroatoms. The number of aromatic nitrogens is 2. The van der Waals surface area contributed by atoms with Gasteiger partial charge < -0.3 is 20.1 Å². The van der Waals surface area contributed by atoms with Crippen LogP contribution in [0.25, 0.3) is 0 Å². The summed E-state index contributed by atoms with van der Waals surface area (Å²) >= 11 is 0. The number of nitrogens with zero attached hydrogens (tertiary/aromatic N) is 3. The van der Waals surface area contributed by atoms with Gasteiger partial charge in [-0.1, -0.05) is 6.07 Å². The van der Waals surface area contributed by atoms with Crippen LogP contribution in [0.4, 0.5) is 10.6 Å². The number of anilines is 1. The highest BCUT2D eigenvalue weighted by molar-refractivity contribution is 6.10. The van der Waals surface area contributed by atoms with Crippen LogP contribution in [0, 0.1) is 0 Å². The van der Waals surface area contributed by atoms with Gasteiger partial charge in [0.1, 0.15) is 17.9 Å². The number of urea groups is 1. The number of ether oxygens (including phenoxy) is 2. The molecule has 152 valence electrons. The Morgan fingerprint density at radius 2 is 2.03 bits per heavy atom. The lowest BCUT2D eigenvalue weighted by molar-refractivity contribution is -0.133. The summed E-state index contributed by atoms with van der Waals surface area (Å²) in [6.45, 7) is 5.15. The molecular weight excluding hydrogens is 378 g/mol. The van der Waals surface area contributed by atoms with E-state index in [4.69, 9.17) is 9.47 Å². The number of carbonyl (C=O) groups excluding carboxylic acids is 3. The van der Waals surface area contributed by atoms with Gasteiger partial charge in [-0.15, -0.1) is 0 Å². The minimum atomic E-state index is -1.31. The first-order chi connectivity index (χ1) is 13.8. The van der Waals surface area contributed by atoms with Crippen LogP contribution in [0.15, 0.2) is 30.5 Å². The number of imide groups is 1. The van der Waals surface area contributed by atoms with Crippen molar-refractivity contribution in [2.45, 2.75) is 32.4 Å². The first-order valence-electron chi connectivity index (χ1n) is 9.17. The van der Waals surface area contributed by atoms with Crippen LogP contribution >= 0.6 is 0 Å². The number of hydrogen-bond donors (Lipinski definition) is 2. The molecule has 1 aromatic carbocycles. The lowest BCUT2D eigenvalue weighted by Gasteiger charge is -2.22. The molecule has 10 nitrogen and oxygen atoms in total. The zero-order chi connectivity index (χ0) is 20.8. The van der Waals surface area contributed by atoms with E-state index in [2.05, 4.69) is 15.7 Å². The number of nitrogens with one attached hydrogen (secondary N) is 2. The van der Waals surface area contributed by atoms with Crippen molar-refractivity contribution in [2.24, 2.45) is 0 Å². The monoisotopic (exact) mass is 399 g/mol. The number of fused-ring (bicyclic) bond motifs is 1. The summed E-state index contributed by atoms with van der Waals surface area (Å²) in [7, 11) is 0. The van der Waals surface area contributed by atoms with Crippen molar-refractivity contribution in [2.75, 3.05) is 18.7 Å². The van der Waals surface area contributed by atoms with E-state index in [0.29, 0.717) is 22.9 Å². The second-order valence-corrected chi connectivity index (χ2v) is 7.32. The van der Waals surface area contributed by atoms with E-state index >= 15 is 0 Å². The topological polar surface area (TPSA) is 115 Å². The first kappa shape index (κ1) is 18.8. The van der Waals surface area contributed by atoms with Gasteiger partial charge in [-0.3, -0.25) is 14.5 Å². The van der Waals surface area contributed by atoms with Crippen LogP contribution in [0.5, 0.6) is 11.5 Å². The molecule has 0 saturated carbocycles. The average Bonchev–Trinajstić information content (AvgIpc) is 3.37. The maximum atomic E-state index is 13.0. The Morgan fingerprint density at radius 1 is 1.28 bits per heavy atom. The van der Waals surface area contributed by atoms with Gasteiger partial charge in [-0.2, -0.15) is 5.10 Å².